The van der Waals surface area contributed by atoms with Gasteiger partial charge in [-0.1, -0.05) is 12.1 Å². The summed E-state index contributed by atoms with van der Waals surface area (Å²) in [6.07, 6.45) is 0. The highest BCUT2D eigenvalue weighted by Crippen LogP contribution is 2.17. The zero-order valence-corrected chi connectivity index (χ0v) is 10.1. The number of carbonyl (C=O) groups excluding carboxylic acids is 1. The second kappa shape index (κ2) is 6.88. The third-order valence-electron chi connectivity index (χ3n) is 2.17. The van der Waals surface area contributed by atoms with Crippen LogP contribution in [0.5, 0.6) is 5.75 Å². The third kappa shape index (κ3) is 4.84. The van der Waals surface area contributed by atoms with E-state index in [-0.39, 0.29) is 12.6 Å². The quantitative estimate of drug-likeness (QED) is 0.699. The van der Waals surface area contributed by atoms with E-state index in [0.29, 0.717) is 6.61 Å². The normalized spacial score (nSPS) is 12.1. The van der Waals surface area contributed by atoms with E-state index in [2.05, 4.69) is 5.48 Å². The van der Waals surface area contributed by atoms with Crippen molar-refractivity contribution in [1.29, 1.82) is 0 Å². The van der Waals surface area contributed by atoms with E-state index in [1.54, 1.807) is 0 Å². The second-order valence-electron chi connectivity index (χ2n) is 3.60. The lowest BCUT2D eigenvalue weighted by atomic mass is 10.1. The first-order chi connectivity index (χ1) is 8.13. The molecule has 0 saturated heterocycles. The predicted molar refractivity (Wildman–Crippen MR) is 64.3 cm³/mol. The monoisotopic (exact) mass is 238 g/mol. The molecule has 0 saturated carbocycles. The number of ether oxygens (including phenoxy) is 1. The molecule has 1 rings (SSSR count). The molecule has 0 bridgehead atoms. The molecule has 0 fully saturated rings. The third-order valence-corrected chi connectivity index (χ3v) is 2.17. The van der Waals surface area contributed by atoms with Crippen LogP contribution < -0.4 is 16.0 Å². The molecular formula is C12H18N2O3. The maximum Gasteiger partial charge on any atom is 0.245 e. The molecule has 1 aromatic carbocycles. The van der Waals surface area contributed by atoms with Crippen molar-refractivity contribution in [1.82, 2.24) is 5.48 Å². The average Bonchev–Trinajstić information content (AvgIpc) is 2.30. The number of primary amides is 1. The van der Waals surface area contributed by atoms with Gasteiger partial charge in [0, 0.05) is 0 Å². The molecule has 0 aromatic heterocycles. The van der Waals surface area contributed by atoms with E-state index < -0.39 is 5.91 Å². The van der Waals surface area contributed by atoms with Crippen molar-refractivity contribution in [3.05, 3.63) is 29.8 Å². The number of nitrogens with one attached hydrogen (secondary N) is 1. The van der Waals surface area contributed by atoms with Gasteiger partial charge in [0.25, 0.3) is 0 Å². The van der Waals surface area contributed by atoms with Crippen molar-refractivity contribution in [3.8, 4) is 5.75 Å². The summed E-state index contributed by atoms with van der Waals surface area (Å²) in [5.41, 5.74) is 8.73. The molecule has 0 spiro atoms. The highest BCUT2D eigenvalue weighted by molar-refractivity contribution is 5.74. The van der Waals surface area contributed by atoms with Crippen LogP contribution in [0.25, 0.3) is 0 Å². The van der Waals surface area contributed by atoms with E-state index >= 15 is 0 Å². The summed E-state index contributed by atoms with van der Waals surface area (Å²) in [6, 6.07) is 7.65. The Labute approximate surface area is 101 Å². The van der Waals surface area contributed by atoms with E-state index in [1.165, 1.54) is 0 Å². The first kappa shape index (κ1) is 13.5. The van der Waals surface area contributed by atoms with Gasteiger partial charge < -0.3 is 10.5 Å². The van der Waals surface area contributed by atoms with Crippen LogP contribution in [0.1, 0.15) is 25.5 Å². The Hall–Kier alpha value is -1.59. The van der Waals surface area contributed by atoms with Gasteiger partial charge in [0.2, 0.25) is 5.91 Å². The van der Waals surface area contributed by atoms with Crippen molar-refractivity contribution in [2.24, 2.45) is 5.73 Å². The first-order valence-corrected chi connectivity index (χ1v) is 5.52. The molecule has 0 aliphatic heterocycles. The summed E-state index contributed by atoms with van der Waals surface area (Å²) in [5.74, 6) is 0.331. The van der Waals surface area contributed by atoms with Crippen molar-refractivity contribution in [3.63, 3.8) is 0 Å². The number of amides is 1. The molecule has 0 heterocycles. The summed E-state index contributed by atoms with van der Waals surface area (Å²) in [4.78, 5) is 15.4. The Balaban J connectivity index is 2.45. The van der Waals surface area contributed by atoms with Gasteiger partial charge in [-0.25, -0.2) is 0 Å². The van der Waals surface area contributed by atoms with Gasteiger partial charge in [0.05, 0.1) is 12.6 Å². The van der Waals surface area contributed by atoms with Gasteiger partial charge >= 0.3 is 0 Å². The zero-order chi connectivity index (χ0) is 12.7. The number of carbonyl (C=O) groups is 1. The fourth-order valence-corrected chi connectivity index (χ4v) is 1.33. The number of hydrogen-bond acceptors (Lipinski definition) is 4. The van der Waals surface area contributed by atoms with Crippen LogP contribution in [0, 0.1) is 0 Å². The Kier molecular flexibility index (Phi) is 5.45. The molecule has 5 heteroatoms. The van der Waals surface area contributed by atoms with Crippen LogP contribution in [0.15, 0.2) is 24.3 Å². The average molecular weight is 238 g/mol. The minimum atomic E-state index is -0.503. The summed E-state index contributed by atoms with van der Waals surface area (Å²) in [7, 11) is 0. The fraction of sp³-hybridized carbons (Fsp3) is 0.417. The van der Waals surface area contributed by atoms with E-state index in [4.69, 9.17) is 15.3 Å². The molecule has 0 aliphatic carbocycles. The van der Waals surface area contributed by atoms with Gasteiger partial charge in [0.15, 0.2) is 0 Å². The van der Waals surface area contributed by atoms with Crippen LogP contribution in [0.4, 0.5) is 0 Å². The van der Waals surface area contributed by atoms with Gasteiger partial charge in [0.1, 0.15) is 12.4 Å². The van der Waals surface area contributed by atoms with Crippen LogP contribution in [0.2, 0.25) is 0 Å². The Bertz CT molecular complexity index is 351. The highest BCUT2D eigenvalue weighted by atomic mass is 16.6. The lowest BCUT2D eigenvalue weighted by molar-refractivity contribution is -0.126. The lowest BCUT2D eigenvalue weighted by Gasteiger charge is -2.14. The SMILES string of the molecule is CCOc1ccc(C(C)NOCC(N)=O)cc1. The largest absolute Gasteiger partial charge is 0.494 e. The number of nitrogens with two attached hydrogens (primary N) is 1. The van der Waals surface area contributed by atoms with E-state index in [1.807, 2.05) is 38.1 Å². The highest BCUT2D eigenvalue weighted by Gasteiger charge is 2.05. The van der Waals surface area contributed by atoms with Crippen molar-refractivity contribution in [2.45, 2.75) is 19.9 Å². The molecule has 1 aromatic rings. The summed E-state index contributed by atoms with van der Waals surface area (Å²) >= 11 is 0. The minimum Gasteiger partial charge on any atom is -0.494 e. The van der Waals surface area contributed by atoms with Crippen molar-refractivity contribution in [2.75, 3.05) is 13.2 Å². The van der Waals surface area contributed by atoms with E-state index in [9.17, 15) is 4.79 Å². The lowest BCUT2D eigenvalue weighted by Crippen LogP contribution is -2.26. The summed E-state index contributed by atoms with van der Waals surface area (Å²) in [6.45, 7) is 4.38. The van der Waals surface area contributed by atoms with E-state index in [0.717, 1.165) is 11.3 Å². The van der Waals surface area contributed by atoms with Crippen LogP contribution in [-0.2, 0) is 9.63 Å². The molecule has 1 unspecified atom stereocenters. The second-order valence-corrected chi connectivity index (χ2v) is 3.60. The smallest absolute Gasteiger partial charge is 0.245 e. The van der Waals surface area contributed by atoms with Crippen molar-refractivity contribution < 1.29 is 14.4 Å². The maximum atomic E-state index is 10.5. The fourth-order valence-electron chi connectivity index (χ4n) is 1.33. The molecular weight excluding hydrogens is 220 g/mol. The molecule has 17 heavy (non-hydrogen) atoms. The topological polar surface area (TPSA) is 73.6 Å². The van der Waals surface area contributed by atoms with Gasteiger partial charge in [-0.3, -0.25) is 9.63 Å². The minimum absolute atomic E-state index is 0.0231. The zero-order valence-electron chi connectivity index (χ0n) is 10.1. The van der Waals surface area contributed by atoms with Crippen molar-refractivity contribution >= 4 is 5.91 Å². The summed E-state index contributed by atoms with van der Waals surface area (Å²) < 4.78 is 5.34. The number of benzene rings is 1. The molecule has 1 amide bonds. The molecule has 5 nitrogen and oxygen atoms in total. The number of hydrogen-bond donors (Lipinski definition) is 2. The predicted octanol–water partition coefficient (Wildman–Crippen LogP) is 1.15. The molecule has 3 N–H and O–H groups in total. The number of rotatable bonds is 7. The van der Waals surface area contributed by atoms with Crippen LogP contribution in [0.3, 0.4) is 0 Å². The molecule has 94 valence electrons. The maximum absolute atomic E-state index is 10.5. The Morgan fingerprint density at radius 1 is 1.41 bits per heavy atom. The number of hydroxylamine groups is 1. The summed E-state index contributed by atoms with van der Waals surface area (Å²) in [5, 5.41) is 0. The van der Waals surface area contributed by atoms with Gasteiger partial charge in [-0.2, -0.15) is 5.48 Å². The molecule has 1 atom stereocenters. The van der Waals surface area contributed by atoms with Crippen LogP contribution >= 0.6 is 0 Å². The van der Waals surface area contributed by atoms with Crippen LogP contribution in [-0.4, -0.2) is 19.1 Å². The van der Waals surface area contributed by atoms with Gasteiger partial charge in [-0.15, -0.1) is 0 Å². The van der Waals surface area contributed by atoms with Gasteiger partial charge in [-0.05, 0) is 31.5 Å². The Morgan fingerprint density at radius 2 is 2.06 bits per heavy atom. The molecule has 0 radical (unpaired) electrons. The Morgan fingerprint density at radius 3 is 2.59 bits per heavy atom. The standard InChI is InChI=1S/C12H18N2O3/c1-3-16-11-6-4-10(5-7-11)9(2)14-17-8-12(13)15/h4-7,9,14H,3,8H2,1-2H3,(H2,13,15). The molecule has 0 aliphatic rings. The first-order valence-electron chi connectivity index (χ1n) is 5.52.